The zero-order chi connectivity index (χ0) is 32.1. The van der Waals surface area contributed by atoms with Crippen LogP contribution in [0.3, 0.4) is 0 Å². The van der Waals surface area contributed by atoms with Crippen molar-refractivity contribution in [2.45, 2.75) is 159 Å². The molecule has 5 saturated heterocycles. The molecule has 8 unspecified atom stereocenters. The lowest BCUT2D eigenvalue weighted by atomic mass is 9.76. The van der Waals surface area contributed by atoms with Crippen molar-refractivity contribution in [2.75, 3.05) is 7.11 Å². The fraction of sp³-hybridized carbons (Fsp3) is 0.919. The number of hydrogen-bond donors (Lipinski definition) is 8. The summed E-state index contributed by atoms with van der Waals surface area (Å²) < 4.78 is 4.27. The summed E-state index contributed by atoms with van der Waals surface area (Å²) in [5, 5.41) is 33.8. The third-order valence-corrected chi connectivity index (χ3v) is 14.3. The summed E-state index contributed by atoms with van der Waals surface area (Å²) in [7, 11) is 1.33. The van der Waals surface area contributed by atoms with Crippen LogP contribution in [0, 0.1) is 47.3 Å². The van der Waals surface area contributed by atoms with E-state index >= 15 is 0 Å². The number of hydrogen-bond acceptors (Lipinski definition) is 10. The van der Waals surface area contributed by atoms with Crippen molar-refractivity contribution in [3.63, 3.8) is 0 Å². The molecule has 0 aromatic heterocycles. The summed E-state index contributed by atoms with van der Waals surface area (Å²) in [5.41, 5.74) is 0.433. The van der Waals surface area contributed by atoms with Crippen LogP contribution >= 0.6 is 0 Å². The minimum atomic E-state index is -0.347. The van der Waals surface area contributed by atoms with Crippen molar-refractivity contribution in [1.29, 1.82) is 0 Å². The Morgan fingerprint density at radius 1 is 0.426 bits per heavy atom. The molecule has 5 aliphatic heterocycles. The SMILES string of the molecule is C1CCC2C3NC(NC4NC(NC5NC(NC6NC(N3)C3CCCCC63)C3CCCCC53)C3CCCCC43)C2C1.C=C(C)C(=O)OC. The molecule has 4 aliphatic carbocycles. The molecular weight excluding hydrogens is 588 g/mol. The lowest BCUT2D eigenvalue weighted by Gasteiger charge is -2.35. The number of rotatable bonds is 1. The van der Waals surface area contributed by atoms with Crippen LogP contribution < -0.4 is 42.5 Å². The molecule has 4 saturated carbocycles. The molecule has 8 bridgehead atoms. The van der Waals surface area contributed by atoms with E-state index in [1.54, 1.807) is 6.92 Å². The van der Waals surface area contributed by atoms with E-state index in [9.17, 15) is 4.79 Å². The summed E-state index contributed by atoms with van der Waals surface area (Å²) in [5.74, 6) is 5.62. The van der Waals surface area contributed by atoms with E-state index in [0.717, 1.165) is 47.3 Å². The normalized spacial score (nSPS) is 50.2. The van der Waals surface area contributed by atoms with E-state index in [0.29, 0.717) is 54.9 Å². The fourth-order valence-electron chi connectivity index (χ4n) is 12.1. The van der Waals surface area contributed by atoms with Gasteiger partial charge in [0.25, 0.3) is 0 Å². The van der Waals surface area contributed by atoms with Gasteiger partial charge in [0.15, 0.2) is 0 Å². The van der Waals surface area contributed by atoms with Crippen molar-refractivity contribution in [1.82, 2.24) is 42.5 Å². The fourth-order valence-corrected chi connectivity index (χ4v) is 12.1. The largest absolute Gasteiger partial charge is 0.466 e. The van der Waals surface area contributed by atoms with Gasteiger partial charge in [0, 0.05) is 5.57 Å². The van der Waals surface area contributed by atoms with E-state index in [4.69, 9.17) is 0 Å². The molecule has 5 heterocycles. The maximum Gasteiger partial charge on any atom is 0.332 e. The Morgan fingerprint density at radius 2 is 0.596 bits per heavy atom. The number of nitrogens with one attached hydrogen (secondary N) is 8. The Labute approximate surface area is 283 Å². The van der Waals surface area contributed by atoms with Crippen LogP contribution in [0.4, 0.5) is 0 Å². The zero-order valence-electron chi connectivity index (χ0n) is 29.1. The van der Waals surface area contributed by atoms with Crippen LogP contribution in [0.5, 0.6) is 0 Å². The Morgan fingerprint density at radius 3 is 0.702 bits per heavy atom. The van der Waals surface area contributed by atoms with E-state index in [-0.39, 0.29) is 5.97 Å². The summed E-state index contributed by atoms with van der Waals surface area (Å²) >= 11 is 0. The van der Waals surface area contributed by atoms with Gasteiger partial charge >= 0.3 is 5.97 Å². The van der Waals surface area contributed by atoms with Gasteiger partial charge in [-0.2, -0.15) is 0 Å². The molecule has 8 N–H and O–H groups in total. The summed E-state index contributed by atoms with van der Waals surface area (Å²) in [6.07, 6.45) is 25.6. The van der Waals surface area contributed by atoms with Gasteiger partial charge in [0.2, 0.25) is 0 Å². The Balaban J connectivity index is 0.000000420. The first kappa shape index (κ1) is 33.1. The van der Waals surface area contributed by atoms with E-state index in [1.165, 1.54) is 110 Å². The molecule has 47 heavy (non-hydrogen) atoms. The molecular formula is C37H64N8O2. The van der Waals surface area contributed by atoms with Gasteiger partial charge < -0.3 is 4.74 Å². The maximum atomic E-state index is 10.2. The third-order valence-electron chi connectivity index (χ3n) is 14.3. The van der Waals surface area contributed by atoms with Gasteiger partial charge in [-0.1, -0.05) is 57.9 Å². The van der Waals surface area contributed by atoms with Crippen LogP contribution in [-0.2, 0) is 9.53 Å². The first-order valence-corrected chi connectivity index (χ1v) is 19.8. The zero-order valence-corrected chi connectivity index (χ0v) is 29.1. The third kappa shape index (κ3) is 6.48. The van der Waals surface area contributed by atoms with Gasteiger partial charge in [-0.05, 0) is 106 Å². The molecule has 0 radical (unpaired) electrons. The molecule has 264 valence electrons. The van der Waals surface area contributed by atoms with Crippen LogP contribution in [0.2, 0.25) is 0 Å². The molecule has 9 rings (SSSR count). The number of fused-ring (bicyclic) bond motifs is 20. The smallest absolute Gasteiger partial charge is 0.332 e. The highest BCUT2D eigenvalue weighted by Crippen LogP contribution is 2.45. The Bertz CT molecular complexity index is 916. The standard InChI is InChI=1S/C32H56N8.C5H8O2/c1-2-10-18-17(9-1)25-33-26(18)38-28-21-13-5-6-14-22(21)30(35-28)40-32-24-16-8-7-15-23(24)31(36-32)39-29-20-12-4-3-11-19(20)27(34-29)37-25;1-4(2)5(6)7-3/h17-40H,1-16H2;1H2,2-3H3. The second kappa shape index (κ2) is 14.3. The highest BCUT2D eigenvalue weighted by Gasteiger charge is 2.54. The number of methoxy groups -OCH3 is 1. The van der Waals surface area contributed by atoms with Crippen LogP contribution in [-0.4, -0.2) is 62.4 Å². The van der Waals surface area contributed by atoms with E-state index in [2.05, 4.69) is 53.9 Å². The summed E-state index contributed by atoms with van der Waals surface area (Å²) in [6, 6.07) is 0. The van der Waals surface area contributed by atoms with E-state index < -0.39 is 0 Å². The number of ether oxygens (including phenoxy) is 1. The highest BCUT2D eigenvalue weighted by atomic mass is 16.5. The van der Waals surface area contributed by atoms with Crippen molar-refractivity contribution < 1.29 is 9.53 Å². The van der Waals surface area contributed by atoms with Gasteiger partial charge in [-0.15, -0.1) is 0 Å². The monoisotopic (exact) mass is 653 g/mol. The summed E-state index contributed by atoms with van der Waals surface area (Å²) in [4.78, 5) is 10.2. The van der Waals surface area contributed by atoms with Gasteiger partial charge in [0.1, 0.15) is 0 Å². The van der Waals surface area contributed by atoms with Crippen LogP contribution in [0.15, 0.2) is 12.2 Å². The number of carbonyl (C=O) groups is 1. The van der Waals surface area contributed by atoms with Crippen molar-refractivity contribution in [3.05, 3.63) is 12.2 Å². The molecule has 10 heteroatoms. The van der Waals surface area contributed by atoms with E-state index in [1.807, 2.05) is 0 Å². The van der Waals surface area contributed by atoms with Gasteiger partial charge in [-0.3, -0.25) is 42.5 Å². The maximum absolute atomic E-state index is 10.2. The topological polar surface area (TPSA) is 123 Å². The molecule has 9 fully saturated rings. The second-order valence-corrected chi connectivity index (χ2v) is 16.9. The van der Waals surface area contributed by atoms with Crippen molar-refractivity contribution in [2.24, 2.45) is 47.3 Å². The minimum Gasteiger partial charge on any atom is -0.466 e. The van der Waals surface area contributed by atoms with Gasteiger partial charge in [0.05, 0.1) is 56.4 Å². The van der Waals surface area contributed by atoms with Crippen LogP contribution in [0.25, 0.3) is 0 Å². The number of carbonyl (C=O) groups excluding carboxylic acids is 1. The minimum absolute atomic E-state index is 0.347. The predicted octanol–water partition coefficient (Wildman–Crippen LogP) is 3.34. The molecule has 0 spiro atoms. The average molecular weight is 653 g/mol. The average Bonchev–Trinajstić information content (AvgIpc) is 3.84. The van der Waals surface area contributed by atoms with Crippen molar-refractivity contribution in [3.8, 4) is 0 Å². The number of esters is 1. The molecule has 0 aromatic carbocycles. The first-order chi connectivity index (χ1) is 23.0. The highest BCUT2D eigenvalue weighted by molar-refractivity contribution is 5.86. The Hall–Kier alpha value is -1.11. The second-order valence-electron chi connectivity index (χ2n) is 16.9. The summed E-state index contributed by atoms with van der Waals surface area (Å²) in [6.45, 7) is 4.95. The quantitative estimate of drug-likeness (QED) is 0.158. The predicted molar refractivity (Wildman–Crippen MR) is 184 cm³/mol. The Kier molecular flexibility index (Phi) is 10.0. The molecule has 9 aliphatic rings. The first-order valence-electron chi connectivity index (χ1n) is 19.8. The molecule has 0 amide bonds. The molecule has 0 aromatic rings. The molecule has 8 atom stereocenters. The van der Waals surface area contributed by atoms with Gasteiger partial charge in [-0.25, -0.2) is 4.79 Å². The van der Waals surface area contributed by atoms with Crippen molar-refractivity contribution >= 4 is 5.97 Å². The lowest BCUT2D eigenvalue weighted by molar-refractivity contribution is -0.136. The lowest BCUT2D eigenvalue weighted by Crippen LogP contribution is -2.61. The van der Waals surface area contributed by atoms with Crippen LogP contribution in [0.1, 0.15) is 110 Å². The molecule has 10 nitrogen and oxygen atoms in total.